The molecule has 3 heterocycles. The molecule has 0 spiro atoms. The maximum Gasteiger partial charge on any atom is 0.264 e. The van der Waals surface area contributed by atoms with Crippen molar-refractivity contribution in [3.05, 3.63) is 71.1 Å². The molecule has 1 aromatic carbocycles. The van der Waals surface area contributed by atoms with Gasteiger partial charge in [-0.3, -0.25) is 4.68 Å². The molecule has 0 saturated carbocycles. The van der Waals surface area contributed by atoms with E-state index in [0.29, 0.717) is 18.1 Å². The van der Waals surface area contributed by atoms with Gasteiger partial charge in [0.1, 0.15) is 11.6 Å². The van der Waals surface area contributed by atoms with E-state index in [1.54, 1.807) is 29.1 Å². The van der Waals surface area contributed by atoms with Crippen LogP contribution in [-0.4, -0.2) is 40.8 Å². The molecule has 1 aliphatic carbocycles. The van der Waals surface area contributed by atoms with Crippen molar-refractivity contribution < 1.29 is 13.2 Å². The number of anilines is 3. The molecule has 4 bridgehead atoms. The summed E-state index contributed by atoms with van der Waals surface area (Å²) in [6.45, 7) is 11.5. The Kier molecular flexibility index (Phi) is 7.58. The number of ether oxygens (including phenoxy) is 1. The lowest BCUT2D eigenvalue weighted by Crippen LogP contribution is -2.40. The van der Waals surface area contributed by atoms with Crippen molar-refractivity contribution >= 4 is 33.2 Å². The van der Waals surface area contributed by atoms with Crippen LogP contribution in [0.1, 0.15) is 65.1 Å². The van der Waals surface area contributed by atoms with Crippen molar-refractivity contribution in [3.8, 4) is 0 Å². The number of nitrogens with one attached hydrogen (secondary N) is 1. The number of fused-ring (bicyclic) bond motifs is 4. The fourth-order valence-corrected chi connectivity index (χ4v) is 6.56. The van der Waals surface area contributed by atoms with Crippen molar-refractivity contribution in [3.63, 3.8) is 0 Å². The van der Waals surface area contributed by atoms with Crippen LogP contribution in [0.3, 0.4) is 0 Å². The van der Waals surface area contributed by atoms with Gasteiger partial charge in [-0.2, -0.15) is 10.1 Å². The number of aryl methyl sites for hydroxylation is 1. The maximum absolute atomic E-state index is 13.5. The molecule has 3 aromatic rings. The Hall–Kier alpha value is -3.50. The molecule has 0 radical (unpaired) electrons. The molecule has 0 saturated heterocycles. The Labute approximate surface area is 237 Å². The number of rotatable bonds is 3. The molecule has 40 heavy (non-hydrogen) atoms. The van der Waals surface area contributed by atoms with Gasteiger partial charge in [-0.1, -0.05) is 44.6 Å². The zero-order valence-electron chi connectivity index (χ0n) is 24.1. The number of benzene rings is 1. The maximum atomic E-state index is 13.5. The molecular weight excluding hydrogens is 524 g/mol. The Balaban J connectivity index is 1.77. The van der Waals surface area contributed by atoms with Crippen LogP contribution in [0.5, 0.6) is 0 Å². The van der Waals surface area contributed by atoms with Crippen LogP contribution in [0, 0.1) is 5.41 Å². The quantitative estimate of drug-likeness (QED) is 0.418. The second-order valence-corrected chi connectivity index (χ2v) is 13.6. The predicted octanol–water partition coefficient (Wildman–Crippen LogP) is 6.00. The Bertz CT molecular complexity index is 1580. The summed E-state index contributed by atoms with van der Waals surface area (Å²) in [5, 5.41) is 4.45. The molecule has 1 N–H and O–H groups in total. The lowest BCUT2D eigenvalue weighted by molar-refractivity contribution is 0.0962. The average molecular weight is 563 g/mol. The van der Waals surface area contributed by atoms with Gasteiger partial charge < -0.3 is 9.64 Å². The summed E-state index contributed by atoms with van der Waals surface area (Å²) >= 11 is 0. The minimum atomic E-state index is -3.95. The van der Waals surface area contributed by atoms with Crippen LogP contribution in [0.15, 0.2) is 64.7 Å². The molecule has 9 nitrogen and oxygen atoms in total. The summed E-state index contributed by atoms with van der Waals surface area (Å²) < 4.78 is 37.8. The molecule has 0 fully saturated rings. The van der Waals surface area contributed by atoms with E-state index in [2.05, 4.69) is 55.4 Å². The SMILES string of the molecule is CC1=CCCC(C)=C1c1cc2nc(n1)NS(=O)(=O)c1cccc(c1)COC[C@@H](CC(C)(C)C)N2c1ccnn1C. The van der Waals surface area contributed by atoms with Gasteiger partial charge in [0.2, 0.25) is 5.95 Å². The van der Waals surface area contributed by atoms with E-state index in [1.807, 2.05) is 25.2 Å². The van der Waals surface area contributed by atoms with Gasteiger partial charge in [-0.05, 0) is 61.8 Å². The molecule has 2 aliphatic rings. The van der Waals surface area contributed by atoms with Gasteiger partial charge in [-0.25, -0.2) is 18.1 Å². The van der Waals surface area contributed by atoms with Crippen molar-refractivity contribution in [2.75, 3.05) is 16.2 Å². The normalized spacial score (nSPS) is 19.7. The molecule has 1 aliphatic heterocycles. The molecule has 212 valence electrons. The Morgan fingerprint density at radius 2 is 1.93 bits per heavy atom. The van der Waals surface area contributed by atoms with Crippen molar-refractivity contribution in [2.45, 2.75) is 71.4 Å². The number of nitrogens with zero attached hydrogens (tertiary/aromatic N) is 5. The summed E-state index contributed by atoms with van der Waals surface area (Å²) in [6.07, 6.45) is 6.65. The van der Waals surface area contributed by atoms with E-state index in [-0.39, 0.29) is 28.9 Å². The third kappa shape index (κ3) is 5.97. The summed E-state index contributed by atoms with van der Waals surface area (Å²) in [5.41, 5.74) is 4.79. The minimum Gasteiger partial charge on any atom is -0.375 e. The fraction of sp³-hybridized carbons (Fsp3) is 0.433. The minimum absolute atomic E-state index is 0.0263. The van der Waals surface area contributed by atoms with E-state index in [0.717, 1.165) is 41.8 Å². The fourth-order valence-electron chi connectivity index (χ4n) is 5.54. The van der Waals surface area contributed by atoms with E-state index in [9.17, 15) is 8.42 Å². The van der Waals surface area contributed by atoms with Crippen LogP contribution in [0.2, 0.25) is 0 Å². The van der Waals surface area contributed by atoms with Crippen molar-refractivity contribution in [2.24, 2.45) is 12.5 Å². The number of allylic oxidation sites excluding steroid dienone is 4. The smallest absolute Gasteiger partial charge is 0.264 e. The summed E-state index contributed by atoms with van der Waals surface area (Å²) in [7, 11) is -2.06. The van der Waals surface area contributed by atoms with E-state index in [4.69, 9.17) is 14.7 Å². The third-order valence-corrected chi connectivity index (χ3v) is 8.60. The van der Waals surface area contributed by atoms with Crippen molar-refractivity contribution in [1.29, 1.82) is 0 Å². The molecule has 1 atom stereocenters. The third-order valence-electron chi connectivity index (χ3n) is 7.27. The van der Waals surface area contributed by atoms with E-state index in [1.165, 1.54) is 5.57 Å². The van der Waals surface area contributed by atoms with Gasteiger partial charge in [0.15, 0.2) is 0 Å². The van der Waals surface area contributed by atoms with Gasteiger partial charge in [-0.15, -0.1) is 0 Å². The molecule has 0 unspecified atom stereocenters. The first kappa shape index (κ1) is 28.0. The van der Waals surface area contributed by atoms with Crippen molar-refractivity contribution in [1.82, 2.24) is 19.7 Å². The topological polar surface area (TPSA) is 102 Å². The summed E-state index contributed by atoms with van der Waals surface area (Å²) in [5.74, 6) is 1.43. The first-order valence-electron chi connectivity index (χ1n) is 13.6. The molecular formula is C30H38N6O3S. The molecule has 10 heteroatoms. The second-order valence-electron chi connectivity index (χ2n) is 11.9. The van der Waals surface area contributed by atoms with E-state index >= 15 is 0 Å². The van der Waals surface area contributed by atoms with Gasteiger partial charge in [0.25, 0.3) is 10.0 Å². The number of hydrogen-bond acceptors (Lipinski definition) is 7. The van der Waals surface area contributed by atoms with Gasteiger partial charge in [0, 0.05) is 24.8 Å². The van der Waals surface area contributed by atoms with Crippen LogP contribution < -0.4 is 9.62 Å². The highest BCUT2D eigenvalue weighted by Gasteiger charge is 2.31. The van der Waals surface area contributed by atoms with Crippen LogP contribution in [0.25, 0.3) is 5.57 Å². The summed E-state index contributed by atoms with van der Waals surface area (Å²) in [4.78, 5) is 11.9. The van der Waals surface area contributed by atoms with Gasteiger partial charge >= 0.3 is 0 Å². The largest absolute Gasteiger partial charge is 0.375 e. The first-order chi connectivity index (χ1) is 18.9. The molecule has 2 aromatic heterocycles. The highest BCUT2D eigenvalue weighted by atomic mass is 32.2. The average Bonchev–Trinajstić information content (AvgIpc) is 3.28. The van der Waals surface area contributed by atoms with Gasteiger partial charge in [0.05, 0.1) is 36.0 Å². The number of aromatic nitrogens is 4. The van der Waals surface area contributed by atoms with E-state index < -0.39 is 10.0 Å². The molecule has 5 rings (SSSR count). The van der Waals surface area contributed by atoms with Crippen LogP contribution >= 0.6 is 0 Å². The first-order valence-corrected chi connectivity index (χ1v) is 15.1. The Morgan fingerprint density at radius 3 is 2.62 bits per heavy atom. The monoisotopic (exact) mass is 562 g/mol. The Morgan fingerprint density at radius 1 is 1.12 bits per heavy atom. The molecule has 0 amide bonds. The van der Waals surface area contributed by atoms with Crippen LogP contribution in [-0.2, 0) is 28.4 Å². The lowest BCUT2D eigenvalue weighted by Gasteiger charge is -2.36. The standard InChI is InChI=1S/C30H38N6O3S/c1-20-9-7-10-21(2)28(20)25-16-26-33-29(32-25)34-40(37,38)24-12-8-11-22(15-24)18-39-19-23(17-30(3,4)5)36(26)27-13-14-31-35(27)6/h8-9,11-16,23H,7,10,17-19H2,1-6H3,(H,32,33,34)/t23-/m1/s1. The lowest BCUT2D eigenvalue weighted by atomic mass is 9.87. The zero-order valence-corrected chi connectivity index (χ0v) is 24.9. The summed E-state index contributed by atoms with van der Waals surface area (Å²) in [6, 6.07) is 10.6. The number of sulfonamides is 1. The number of hydrogen-bond donors (Lipinski definition) is 1. The predicted molar refractivity (Wildman–Crippen MR) is 158 cm³/mol. The van der Waals surface area contributed by atoms with Crippen LogP contribution in [0.4, 0.5) is 17.6 Å². The highest BCUT2D eigenvalue weighted by Crippen LogP contribution is 2.37. The second kappa shape index (κ2) is 10.8. The highest BCUT2D eigenvalue weighted by molar-refractivity contribution is 7.92. The zero-order chi connectivity index (χ0) is 28.7.